The third-order valence-electron chi connectivity index (χ3n) is 2.61. The van der Waals surface area contributed by atoms with Gasteiger partial charge in [-0.15, -0.1) is 0 Å². The minimum absolute atomic E-state index is 0.112. The Morgan fingerprint density at radius 2 is 1.94 bits per heavy atom. The van der Waals surface area contributed by atoms with Crippen molar-refractivity contribution in [1.82, 2.24) is 9.88 Å². The number of carbonyl (C=O) groups is 1. The molecule has 0 saturated heterocycles. The molecule has 0 aliphatic carbocycles. The highest BCUT2D eigenvalue weighted by Gasteiger charge is 2.12. The zero-order valence-corrected chi connectivity index (χ0v) is 10.2. The summed E-state index contributed by atoms with van der Waals surface area (Å²) >= 11 is 0. The van der Waals surface area contributed by atoms with Crippen molar-refractivity contribution in [3.63, 3.8) is 0 Å². The molecular formula is C14H15N3O. The third-order valence-corrected chi connectivity index (χ3v) is 2.61. The smallest absolute Gasteiger partial charge is 0.272 e. The number of nitrogens with zero attached hydrogens (tertiary/aromatic N) is 2. The van der Waals surface area contributed by atoms with Gasteiger partial charge in [0.1, 0.15) is 5.69 Å². The Hall–Kier alpha value is -2.36. The van der Waals surface area contributed by atoms with Crippen molar-refractivity contribution in [1.29, 1.82) is 0 Å². The zero-order chi connectivity index (χ0) is 13.0. The summed E-state index contributed by atoms with van der Waals surface area (Å²) < 4.78 is 0. The minimum Gasteiger partial charge on any atom is -0.397 e. The van der Waals surface area contributed by atoms with Crippen LogP contribution < -0.4 is 5.73 Å². The lowest BCUT2D eigenvalue weighted by atomic mass is 10.2. The Morgan fingerprint density at radius 1 is 1.22 bits per heavy atom. The molecule has 2 N–H and O–H groups in total. The molecule has 1 heterocycles. The number of rotatable bonds is 3. The van der Waals surface area contributed by atoms with Crippen molar-refractivity contribution in [2.45, 2.75) is 6.54 Å². The van der Waals surface area contributed by atoms with Gasteiger partial charge in [-0.3, -0.25) is 4.79 Å². The SMILES string of the molecule is CN(Cc1ccccc1)C(=O)c1ccc(N)cn1. The van der Waals surface area contributed by atoms with Crippen molar-refractivity contribution in [3.8, 4) is 0 Å². The Balaban J connectivity index is 2.07. The van der Waals surface area contributed by atoms with E-state index in [-0.39, 0.29) is 5.91 Å². The molecule has 0 spiro atoms. The van der Waals surface area contributed by atoms with Gasteiger partial charge in [-0.2, -0.15) is 0 Å². The van der Waals surface area contributed by atoms with Gasteiger partial charge in [-0.25, -0.2) is 4.98 Å². The molecule has 1 aromatic heterocycles. The maximum absolute atomic E-state index is 12.1. The van der Waals surface area contributed by atoms with Crippen molar-refractivity contribution >= 4 is 11.6 Å². The van der Waals surface area contributed by atoms with Gasteiger partial charge < -0.3 is 10.6 Å². The summed E-state index contributed by atoms with van der Waals surface area (Å²) in [4.78, 5) is 17.7. The third kappa shape index (κ3) is 2.85. The quantitative estimate of drug-likeness (QED) is 0.893. The molecule has 1 aromatic carbocycles. The fourth-order valence-electron chi connectivity index (χ4n) is 1.66. The van der Waals surface area contributed by atoms with Gasteiger partial charge in [0, 0.05) is 13.6 Å². The van der Waals surface area contributed by atoms with Gasteiger partial charge in [0.25, 0.3) is 5.91 Å². The van der Waals surface area contributed by atoms with Crippen LogP contribution in [0, 0.1) is 0 Å². The van der Waals surface area contributed by atoms with Crippen LogP contribution in [0.1, 0.15) is 16.1 Å². The highest BCUT2D eigenvalue weighted by molar-refractivity contribution is 5.92. The standard InChI is InChI=1S/C14H15N3O/c1-17(10-11-5-3-2-4-6-11)14(18)13-8-7-12(15)9-16-13/h2-9H,10,15H2,1H3. The van der Waals surface area contributed by atoms with Gasteiger partial charge in [0.05, 0.1) is 11.9 Å². The summed E-state index contributed by atoms with van der Waals surface area (Å²) in [6.07, 6.45) is 1.49. The zero-order valence-electron chi connectivity index (χ0n) is 10.2. The molecule has 0 fully saturated rings. The van der Waals surface area contributed by atoms with Gasteiger partial charge >= 0.3 is 0 Å². The second kappa shape index (κ2) is 5.31. The summed E-state index contributed by atoms with van der Waals surface area (Å²) in [7, 11) is 1.76. The van der Waals surface area contributed by atoms with Crippen LogP contribution in [0.15, 0.2) is 48.7 Å². The van der Waals surface area contributed by atoms with E-state index in [1.54, 1.807) is 24.1 Å². The monoisotopic (exact) mass is 241 g/mol. The van der Waals surface area contributed by atoms with Crippen LogP contribution in [0.2, 0.25) is 0 Å². The fourth-order valence-corrected chi connectivity index (χ4v) is 1.66. The maximum Gasteiger partial charge on any atom is 0.272 e. The van der Waals surface area contributed by atoms with Gasteiger partial charge in [-0.1, -0.05) is 30.3 Å². The Bertz CT molecular complexity index is 522. The van der Waals surface area contributed by atoms with E-state index in [2.05, 4.69) is 4.98 Å². The molecule has 0 aliphatic rings. The molecule has 0 bridgehead atoms. The second-order valence-corrected chi connectivity index (χ2v) is 4.12. The lowest BCUT2D eigenvalue weighted by Crippen LogP contribution is -2.26. The van der Waals surface area contributed by atoms with Crippen molar-refractivity contribution < 1.29 is 4.79 Å². The fraction of sp³-hybridized carbons (Fsp3) is 0.143. The lowest BCUT2D eigenvalue weighted by Gasteiger charge is -2.16. The number of amides is 1. The molecule has 4 nitrogen and oxygen atoms in total. The molecule has 18 heavy (non-hydrogen) atoms. The first-order chi connectivity index (χ1) is 8.66. The molecule has 0 saturated carbocycles. The number of nitrogen functional groups attached to an aromatic ring is 1. The molecule has 1 amide bonds. The van der Waals surface area contributed by atoms with Crippen LogP contribution in [0.5, 0.6) is 0 Å². The van der Waals surface area contributed by atoms with Crippen LogP contribution in [0.3, 0.4) is 0 Å². The van der Waals surface area contributed by atoms with E-state index >= 15 is 0 Å². The molecule has 92 valence electrons. The Labute approximate surface area is 106 Å². The van der Waals surface area contributed by atoms with Crippen molar-refractivity contribution in [2.75, 3.05) is 12.8 Å². The van der Waals surface area contributed by atoms with Gasteiger partial charge in [-0.05, 0) is 17.7 Å². The van der Waals surface area contributed by atoms with E-state index in [4.69, 9.17) is 5.73 Å². The number of carbonyl (C=O) groups excluding carboxylic acids is 1. The predicted octanol–water partition coefficient (Wildman–Crippen LogP) is 1.94. The van der Waals surface area contributed by atoms with Gasteiger partial charge in [0.15, 0.2) is 0 Å². The number of benzene rings is 1. The largest absolute Gasteiger partial charge is 0.397 e. The van der Waals surface area contributed by atoms with Crippen molar-refractivity contribution in [2.24, 2.45) is 0 Å². The highest BCUT2D eigenvalue weighted by atomic mass is 16.2. The molecular weight excluding hydrogens is 226 g/mol. The summed E-state index contributed by atoms with van der Waals surface area (Å²) in [6, 6.07) is 13.1. The van der Waals surface area contributed by atoms with E-state index in [0.29, 0.717) is 17.9 Å². The normalized spacial score (nSPS) is 10.1. The maximum atomic E-state index is 12.1. The molecule has 0 atom stereocenters. The summed E-state index contributed by atoms with van der Waals surface area (Å²) in [5, 5.41) is 0. The van der Waals surface area contributed by atoms with Gasteiger partial charge in [0.2, 0.25) is 0 Å². The van der Waals surface area contributed by atoms with Crippen LogP contribution in [-0.2, 0) is 6.54 Å². The molecule has 4 heteroatoms. The molecule has 2 rings (SSSR count). The number of pyridine rings is 1. The number of anilines is 1. The van der Waals surface area contributed by atoms with E-state index in [1.165, 1.54) is 6.20 Å². The van der Waals surface area contributed by atoms with Crippen LogP contribution in [0.25, 0.3) is 0 Å². The number of hydrogen-bond acceptors (Lipinski definition) is 3. The van der Waals surface area contributed by atoms with Crippen LogP contribution in [-0.4, -0.2) is 22.8 Å². The second-order valence-electron chi connectivity index (χ2n) is 4.12. The number of aromatic nitrogens is 1. The minimum atomic E-state index is -0.112. The molecule has 2 aromatic rings. The molecule has 0 aliphatic heterocycles. The highest BCUT2D eigenvalue weighted by Crippen LogP contribution is 2.08. The average molecular weight is 241 g/mol. The average Bonchev–Trinajstić information content (AvgIpc) is 2.40. The molecule has 0 radical (unpaired) electrons. The summed E-state index contributed by atoms with van der Waals surface area (Å²) in [5.41, 5.74) is 7.58. The Kier molecular flexibility index (Phi) is 3.57. The molecule has 0 unspecified atom stereocenters. The van der Waals surface area contributed by atoms with Crippen LogP contribution in [0.4, 0.5) is 5.69 Å². The lowest BCUT2D eigenvalue weighted by molar-refractivity contribution is 0.0779. The topological polar surface area (TPSA) is 59.2 Å². The van der Waals surface area contributed by atoms with E-state index in [9.17, 15) is 4.79 Å². The first-order valence-corrected chi connectivity index (χ1v) is 5.68. The van der Waals surface area contributed by atoms with E-state index in [1.807, 2.05) is 30.3 Å². The summed E-state index contributed by atoms with van der Waals surface area (Å²) in [6.45, 7) is 0.561. The summed E-state index contributed by atoms with van der Waals surface area (Å²) in [5.74, 6) is -0.112. The first kappa shape index (κ1) is 12.1. The van der Waals surface area contributed by atoms with Crippen molar-refractivity contribution in [3.05, 3.63) is 59.9 Å². The van der Waals surface area contributed by atoms with E-state index < -0.39 is 0 Å². The van der Waals surface area contributed by atoms with Crippen LogP contribution >= 0.6 is 0 Å². The Morgan fingerprint density at radius 3 is 2.56 bits per heavy atom. The number of nitrogens with two attached hydrogens (primary N) is 1. The first-order valence-electron chi connectivity index (χ1n) is 5.68. The predicted molar refractivity (Wildman–Crippen MR) is 70.9 cm³/mol. The number of hydrogen-bond donors (Lipinski definition) is 1. The van der Waals surface area contributed by atoms with E-state index in [0.717, 1.165) is 5.56 Å².